The Morgan fingerprint density at radius 1 is 1.17 bits per heavy atom. The van der Waals surface area contributed by atoms with Crippen molar-refractivity contribution >= 4 is 17.2 Å². The summed E-state index contributed by atoms with van der Waals surface area (Å²) in [4.78, 5) is 15.1. The zero-order valence-electron chi connectivity index (χ0n) is 9.86. The Bertz CT molecular complexity index is 667. The van der Waals surface area contributed by atoms with E-state index in [9.17, 15) is 4.79 Å². The number of hydrogen-bond acceptors (Lipinski definition) is 2. The first-order chi connectivity index (χ1) is 8.88. The predicted octanol–water partition coefficient (Wildman–Crippen LogP) is 2.35. The molecule has 2 aromatic heterocycles. The van der Waals surface area contributed by atoms with Gasteiger partial charge in [0.2, 0.25) is 0 Å². The highest BCUT2D eigenvalue weighted by Crippen LogP contribution is 2.19. The number of fused-ring (bicyclic) bond motifs is 1. The van der Waals surface area contributed by atoms with Crippen LogP contribution in [-0.2, 0) is 13.1 Å². The molecule has 18 heavy (non-hydrogen) atoms. The van der Waals surface area contributed by atoms with Crippen LogP contribution in [0.3, 0.4) is 0 Å². The molecule has 0 amide bonds. The summed E-state index contributed by atoms with van der Waals surface area (Å²) in [6, 6.07) is 7.82. The molecule has 3 aromatic rings. The van der Waals surface area contributed by atoms with Gasteiger partial charge in [-0.3, -0.25) is 4.79 Å². The summed E-state index contributed by atoms with van der Waals surface area (Å²) in [5.41, 5.74) is 1.75. The van der Waals surface area contributed by atoms with Crippen molar-refractivity contribution in [3.05, 3.63) is 54.7 Å². The van der Waals surface area contributed by atoms with E-state index < -0.39 is 0 Å². The molecule has 0 unspecified atom stereocenters. The third-order valence-corrected chi connectivity index (χ3v) is 3.10. The number of imidazole rings is 1. The zero-order chi connectivity index (χ0) is 12.4. The predicted molar refractivity (Wildman–Crippen MR) is 69.6 cm³/mol. The Kier molecular flexibility index (Phi) is 2.68. The fraction of sp³-hybridized carbons (Fsp3) is 0.143. The highest BCUT2D eigenvalue weighted by atomic mass is 16.1. The van der Waals surface area contributed by atoms with Crippen LogP contribution >= 0.6 is 0 Å². The number of carbonyl (C=O) groups excluding carboxylic acids is 1. The Morgan fingerprint density at radius 3 is 2.89 bits per heavy atom. The van der Waals surface area contributed by atoms with E-state index in [1.165, 1.54) is 0 Å². The Labute approximate surface area is 104 Å². The molecule has 0 saturated carbocycles. The number of aldehydes is 1. The van der Waals surface area contributed by atoms with Crippen LogP contribution in [0.5, 0.6) is 0 Å². The number of para-hydroxylation sites is 1. The summed E-state index contributed by atoms with van der Waals surface area (Å²) in [5.74, 6) is 0. The van der Waals surface area contributed by atoms with E-state index >= 15 is 0 Å². The standard InChI is InChI=1S/C14H13N3O/c18-10-13-3-1-2-12-4-6-17(14(12)13)9-8-16-7-5-15-11-16/h1-7,10-11H,8-9H2. The van der Waals surface area contributed by atoms with Crippen molar-refractivity contribution in [2.24, 2.45) is 0 Å². The van der Waals surface area contributed by atoms with Crippen LogP contribution in [0.1, 0.15) is 10.4 Å². The lowest BCUT2D eigenvalue weighted by atomic mass is 10.1. The average molecular weight is 239 g/mol. The number of hydrogen-bond donors (Lipinski definition) is 0. The van der Waals surface area contributed by atoms with Crippen LogP contribution in [0.2, 0.25) is 0 Å². The minimum Gasteiger partial charge on any atom is -0.345 e. The van der Waals surface area contributed by atoms with E-state index in [0.29, 0.717) is 0 Å². The topological polar surface area (TPSA) is 39.8 Å². The molecule has 0 N–H and O–H groups in total. The fourth-order valence-corrected chi connectivity index (χ4v) is 2.21. The van der Waals surface area contributed by atoms with E-state index in [-0.39, 0.29) is 0 Å². The van der Waals surface area contributed by atoms with Gasteiger partial charge >= 0.3 is 0 Å². The number of carbonyl (C=O) groups is 1. The van der Waals surface area contributed by atoms with Crippen LogP contribution in [0.25, 0.3) is 10.9 Å². The van der Waals surface area contributed by atoms with E-state index in [0.717, 1.165) is 35.8 Å². The van der Waals surface area contributed by atoms with Gasteiger partial charge < -0.3 is 9.13 Å². The first-order valence-electron chi connectivity index (χ1n) is 5.87. The molecule has 0 aliphatic carbocycles. The summed E-state index contributed by atoms with van der Waals surface area (Å²) in [5, 5.41) is 1.10. The SMILES string of the molecule is O=Cc1cccc2ccn(CCn3ccnc3)c12. The summed E-state index contributed by atoms with van der Waals surface area (Å²) >= 11 is 0. The summed E-state index contributed by atoms with van der Waals surface area (Å²) in [6.45, 7) is 1.67. The molecule has 0 bridgehead atoms. The van der Waals surface area contributed by atoms with Crippen molar-refractivity contribution < 1.29 is 4.79 Å². The van der Waals surface area contributed by atoms with Gasteiger partial charge in [-0.1, -0.05) is 12.1 Å². The minimum atomic E-state index is 0.739. The molecular formula is C14H13N3O. The van der Waals surface area contributed by atoms with Crippen molar-refractivity contribution in [1.29, 1.82) is 0 Å². The molecule has 0 saturated heterocycles. The number of rotatable bonds is 4. The first kappa shape index (κ1) is 10.8. The molecule has 0 fully saturated rings. The van der Waals surface area contributed by atoms with Gasteiger partial charge in [0.1, 0.15) is 0 Å². The summed E-state index contributed by atoms with van der Waals surface area (Å²) in [7, 11) is 0. The van der Waals surface area contributed by atoms with Crippen LogP contribution in [0.4, 0.5) is 0 Å². The quantitative estimate of drug-likeness (QED) is 0.656. The second kappa shape index (κ2) is 4.49. The molecule has 0 atom stereocenters. The van der Waals surface area contributed by atoms with Crippen molar-refractivity contribution in [1.82, 2.24) is 14.1 Å². The maximum Gasteiger partial charge on any atom is 0.152 e. The Balaban J connectivity index is 1.94. The van der Waals surface area contributed by atoms with Crippen LogP contribution in [0.15, 0.2) is 49.2 Å². The third-order valence-electron chi connectivity index (χ3n) is 3.10. The third kappa shape index (κ3) is 1.82. The molecule has 0 spiro atoms. The maximum absolute atomic E-state index is 11.1. The van der Waals surface area contributed by atoms with E-state index in [1.807, 2.05) is 41.2 Å². The van der Waals surface area contributed by atoms with E-state index in [1.54, 1.807) is 12.5 Å². The molecule has 90 valence electrons. The lowest BCUT2D eigenvalue weighted by molar-refractivity contribution is 0.112. The highest BCUT2D eigenvalue weighted by molar-refractivity contribution is 5.96. The molecule has 4 nitrogen and oxygen atoms in total. The average Bonchev–Trinajstić information content (AvgIpc) is 3.05. The monoisotopic (exact) mass is 239 g/mol. The largest absolute Gasteiger partial charge is 0.345 e. The van der Waals surface area contributed by atoms with Gasteiger partial charge in [0.05, 0.1) is 11.8 Å². The van der Waals surface area contributed by atoms with Crippen LogP contribution in [-0.4, -0.2) is 20.4 Å². The van der Waals surface area contributed by atoms with Gasteiger partial charge in [-0.15, -0.1) is 0 Å². The fourth-order valence-electron chi connectivity index (χ4n) is 2.21. The van der Waals surface area contributed by atoms with Crippen LogP contribution in [0, 0.1) is 0 Å². The van der Waals surface area contributed by atoms with Gasteiger partial charge in [0.15, 0.2) is 6.29 Å². The summed E-state index contributed by atoms with van der Waals surface area (Å²) in [6.07, 6.45) is 8.44. The Hall–Kier alpha value is -2.36. The van der Waals surface area contributed by atoms with Crippen molar-refractivity contribution in [2.75, 3.05) is 0 Å². The number of aryl methyl sites for hydroxylation is 2. The Morgan fingerprint density at radius 2 is 2.11 bits per heavy atom. The van der Waals surface area contributed by atoms with Crippen molar-refractivity contribution in [3.8, 4) is 0 Å². The van der Waals surface area contributed by atoms with E-state index in [2.05, 4.69) is 9.55 Å². The van der Waals surface area contributed by atoms with Gasteiger partial charge in [-0.2, -0.15) is 0 Å². The molecule has 1 aromatic carbocycles. The minimum absolute atomic E-state index is 0.739. The lowest BCUT2D eigenvalue weighted by Gasteiger charge is -2.07. The number of benzene rings is 1. The molecule has 3 rings (SSSR count). The second-order valence-corrected chi connectivity index (χ2v) is 4.21. The molecule has 2 heterocycles. The van der Waals surface area contributed by atoms with Gasteiger partial charge in [-0.25, -0.2) is 4.98 Å². The maximum atomic E-state index is 11.1. The number of aromatic nitrogens is 3. The second-order valence-electron chi connectivity index (χ2n) is 4.21. The molecule has 0 aliphatic rings. The van der Waals surface area contributed by atoms with Crippen LogP contribution < -0.4 is 0 Å². The normalized spacial score (nSPS) is 10.9. The molecular weight excluding hydrogens is 226 g/mol. The zero-order valence-corrected chi connectivity index (χ0v) is 9.86. The number of nitrogens with zero attached hydrogens (tertiary/aromatic N) is 3. The van der Waals surface area contributed by atoms with Gasteiger partial charge in [0.25, 0.3) is 0 Å². The first-order valence-corrected chi connectivity index (χ1v) is 5.87. The summed E-state index contributed by atoms with van der Waals surface area (Å²) < 4.78 is 4.13. The van der Waals surface area contributed by atoms with Crippen molar-refractivity contribution in [3.63, 3.8) is 0 Å². The van der Waals surface area contributed by atoms with Gasteiger partial charge in [0, 0.05) is 42.6 Å². The lowest BCUT2D eigenvalue weighted by Crippen LogP contribution is -2.05. The molecule has 0 radical (unpaired) electrons. The van der Waals surface area contributed by atoms with E-state index in [4.69, 9.17) is 0 Å². The molecule has 0 aliphatic heterocycles. The van der Waals surface area contributed by atoms with Gasteiger partial charge in [-0.05, 0) is 12.1 Å². The molecule has 4 heteroatoms. The highest BCUT2D eigenvalue weighted by Gasteiger charge is 2.05. The smallest absolute Gasteiger partial charge is 0.152 e. The van der Waals surface area contributed by atoms with Crippen molar-refractivity contribution in [2.45, 2.75) is 13.1 Å².